The number of ether oxygens (including phenoxy) is 1. The summed E-state index contributed by atoms with van der Waals surface area (Å²) in [5.41, 5.74) is -0.246. The number of nitrogens with zero attached hydrogens (tertiary/aromatic N) is 1. The molecule has 0 aliphatic heterocycles. The first kappa shape index (κ1) is 13.6. The highest BCUT2D eigenvalue weighted by Crippen LogP contribution is 2.17. The zero-order valence-electron chi connectivity index (χ0n) is 10.1. The third-order valence-electron chi connectivity index (χ3n) is 2.63. The summed E-state index contributed by atoms with van der Waals surface area (Å²) in [6.45, 7) is 11.1. The lowest BCUT2D eigenvalue weighted by atomic mass is 9.88. The van der Waals surface area contributed by atoms with Gasteiger partial charge in [-0.3, -0.25) is 4.79 Å². The summed E-state index contributed by atoms with van der Waals surface area (Å²) >= 11 is 0. The van der Waals surface area contributed by atoms with Gasteiger partial charge >= 0.3 is 0 Å². The SMILES string of the molecule is CCN(CCOC)CC(C)(C)C(C)=O. The van der Waals surface area contributed by atoms with E-state index in [1.54, 1.807) is 14.0 Å². The van der Waals surface area contributed by atoms with Crippen LogP contribution in [0.25, 0.3) is 0 Å². The van der Waals surface area contributed by atoms with Crippen molar-refractivity contribution in [1.82, 2.24) is 4.90 Å². The molecule has 0 atom stereocenters. The Labute approximate surface area is 87.4 Å². The molecule has 0 aliphatic carbocycles. The predicted molar refractivity (Wildman–Crippen MR) is 58.5 cm³/mol. The molecule has 3 heteroatoms. The standard InChI is InChI=1S/C11H23NO2/c1-6-12(7-8-14-5)9-11(3,4)10(2)13/h6-9H2,1-5H3. The van der Waals surface area contributed by atoms with Crippen molar-refractivity contribution in [2.75, 3.05) is 33.4 Å². The highest BCUT2D eigenvalue weighted by molar-refractivity contribution is 5.81. The number of hydrogen-bond acceptors (Lipinski definition) is 3. The van der Waals surface area contributed by atoms with Gasteiger partial charge in [-0.1, -0.05) is 20.8 Å². The van der Waals surface area contributed by atoms with Gasteiger partial charge in [0.05, 0.1) is 6.61 Å². The van der Waals surface area contributed by atoms with Crippen LogP contribution in [0, 0.1) is 5.41 Å². The maximum Gasteiger partial charge on any atom is 0.136 e. The molecule has 0 amide bonds. The van der Waals surface area contributed by atoms with Crippen molar-refractivity contribution < 1.29 is 9.53 Å². The molecule has 0 heterocycles. The molecular weight excluding hydrogens is 178 g/mol. The summed E-state index contributed by atoms with van der Waals surface area (Å²) in [5.74, 6) is 0.244. The Hall–Kier alpha value is -0.410. The van der Waals surface area contributed by atoms with Crippen molar-refractivity contribution >= 4 is 5.78 Å². The zero-order chi connectivity index (χ0) is 11.2. The lowest BCUT2D eigenvalue weighted by Gasteiger charge is -2.29. The first-order valence-electron chi connectivity index (χ1n) is 5.16. The molecule has 0 bridgehead atoms. The van der Waals surface area contributed by atoms with Gasteiger partial charge in [0.2, 0.25) is 0 Å². The number of Topliss-reactive ketones (excluding diaryl/α,β-unsaturated/α-hetero) is 1. The molecule has 0 aliphatic rings. The van der Waals surface area contributed by atoms with Crippen LogP contribution in [-0.4, -0.2) is 44.0 Å². The van der Waals surface area contributed by atoms with Gasteiger partial charge in [0, 0.05) is 25.6 Å². The minimum absolute atomic E-state index is 0.244. The fraction of sp³-hybridized carbons (Fsp3) is 0.909. The summed E-state index contributed by atoms with van der Waals surface area (Å²) in [7, 11) is 1.70. The Morgan fingerprint density at radius 1 is 1.43 bits per heavy atom. The monoisotopic (exact) mass is 201 g/mol. The van der Waals surface area contributed by atoms with Crippen LogP contribution in [0.5, 0.6) is 0 Å². The lowest BCUT2D eigenvalue weighted by Crippen LogP contribution is -2.39. The molecule has 0 rings (SSSR count). The minimum atomic E-state index is -0.246. The Kier molecular flexibility index (Phi) is 5.96. The van der Waals surface area contributed by atoms with Gasteiger partial charge in [0.25, 0.3) is 0 Å². The number of likely N-dealkylation sites (N-methyl/N-ethyl adjacent to an activating group) is 1. The average Bonchev–Trinajstić information content (AvgIpc) is 2.11. The molecule has 3 nitrogen and oxygen atoms in total. The Bertz CT molecular complexity index is 178. The first-order chi connectivity index (χ1) is 6.44. The molecule has 0 saturated heterocycles. The van der Waals surface area contributed by atoms with Crippen molar-refractivity contribution in [3.8, 4) is 0 Å². The van der Waals surface area contributed by atoms with Crippen LogP contribution in [0.3, 0.4) is 0 Å². The van der Waals surface area contributed by atoms with E-state index in [1.165, 1.54) is 0 Å². The van der Waals surface area contributed by atoms with Crippen molar-refractivity contribution in [1.29, 1.82) is 0 Å². The maximum absolute atomic E-state index is 11.3. The summed E-state index contributed by atoms with van der Waals surface area (Å²) in [6, 6.07) is 0. The molecule has 0 N–H and O–H groups in total. The van der Waals surface area contributed by atoms with E-state index >= 15 is 0 Å². The summed E-state index contributed by atoms with van der Waals surface area (Å²) in [4.78, 5) is 13.6. The molecule has 0 aromatic heterocycles. The molecular formula is C11H23NO2. The fourth-order valence-electron chi connectivity index (χ4n) is 1.24. The van der Waals surface area contributed by atoms with Crippen LogP contribution < -0.4 is 0 Å². The number of carbonyl (C=O) groups excluding carboxylic acids is 1. The molecule has 0 radical (unpaired) electrons. The summed E-state index contributed by atoms with van der Waals surface area (Å²) < 4.78 is 5.02. The van der Waals surface area contributed by atoms with E-state index in [4.69, 9.17) is 4.74 Å². The van der Waals surface area contributed by atoms with Gasteiger partial charge < -0.3 is 9.64 Å². The van der Waals surface area contributed by atoms with E-state index in [0.29, 0.717) is 0 Å². The molecule has 0 spiro atoms. The van der Waals surface area contributed by atoms with Gasteiger partial charge in [0.15, 0.2) is 0 Å². The van der Waals surface area contributed by atoms with Crippen molar-refractivity contribution in [3.05, 3.63) is 0 Å². The maximum atomic E-state index is 11.3. The van der Waals surface area contributed by atoms with Crippen molar-refractivity contribution in [3.63, 3.8) is 0 Å². The zero-order valence-corrected chi connectivity index (χ0v) is 10.1. The Morgan fingerprint density at radius 3 is 2.36 bits per heavy atom. The molecule has 0 aromatic rings. The molecule has 0 aromatic carbocycles. The fourth-order valence-corrected chi connectivity index (χ4v) is 1.24. The van der Waals surface area contributed by atoms with Gasteiger partial charge in [-0.05, 0) is 13.5 Å². The first-order valence-corrected chi connectivity index (χ1v) is 5.16. The number of methoxy groups -OCH3 is 1. The smallest absolute Gasteiger partial charge is 0.136 e. The molecule has 84 valence electrons. The highest BCUT2D eigenvalue weighted by atomic mass is 16.5. The molecule has 0 unspecified atom stereocenters. The third-order valence-corrected chi connectivity index (χ3v) is 2.63. The lowest BCUT2D eigenvalue weighted by molar-refractivity contribution is -0.125. The average molecular weight is 201 g/mol. The van der Waals surface area contributed by atoms with E-state index in [9.17, 15) is 4.79 Å². The third kappa shape index (κ3) is 4.72. The topological polar surface area (TPSA) is 29.5 Å². The van der Waals surface area contributed by atoms with E-state index in [2.05, 4.69) is 11.8 Å². The molecule has 0 fully saturated rings. The molecule has 0 saturated carbocycles. The van der Waals surface area contributed by atoms with Gasteiger partial charge in [-0.2, -0.15) is 0 Å². The quantitative estimate of drug-likeness (QED) is 0.626. The van der Waals surface area contributed by atoms with Crippen LogP contribution >= 0.6 is 0 Å². The number of ketones is 1. The van der Waals surface area contributed by atoms with Crippen LogP contribution in [-0.2, 0) is 9.53 Å². The van der Waals surface area contributed by atoms with Crippen LogP contribution in [0.15, 0.2) is 0 Å². The largest absolute Gasteiger partial charge is 0.383 e. The van der Waals surface area contributed by atoms with Crippen LogP contribution in [0.1, 0.15) is 27.7 Å². The van der Waals surface area contributed by atoms with Gasteiger partial charge in [-0.25, -0.2) is 0 Å². The Balaban J connectivity index is 4.09. The number of hydrogen-bond donors (Lipinski definition) is 0. The second-order valence-electron chi connectivity index (χ2n) is 4.30. The van der Waals surface area contributed by atoms with Crippen LogP contribution in [0.4, 0.5) is 0 Å². The van der Waals surface area contributed by atoms with Crippen molar-refractivity contribution in [2.45, 2.75) is 27.7 Å². The van der Waals surface area contributed by atoms with E-state index in [-0.39, 0.29) is 11.2 Å². The summed E-state index contributed by atoms with van der Waals surface area (Å²) in [6.07, 6.45) is 0. The second kappa shape index (κ2) is 6.14. The van der Waals surface area contributed by atoms with Crippen LogP contribution in [0.2, 0.25) is 0 Å². The molecule has 14 heavy (non-hydrogen) atoms. The van der Waals surface area contributed by atoms with E-state index < -0.39 is 0 Å². The number of carbonyl (C=O) groups is 1. The highest BCUT2D eigenvalue weighted by Gasteiger charge is 2.25. The Morgan fingerprint density at radius 2 is 2.00 bits per heavy atom. The normalized spacial score (nSPS) is 12.1. The van der Waals surface area contributed by atoms with Gasteiger partial charge in [-0.15, -0.1) is 0 Å². The van der Waals surface area contributed by atoms with E-state index in [0.717, 1.165) is 26.2 Å². The van der Waals surface area contributed by atoms with E-state index in [1.807, 2.05) is 13.8 Å². The van der Waals surface area contributed by atoms with Crippen molar-refractivity contribution in [2.24, 2.45) is 5.41 Å². The summed E-state index contributed by atoms with van der Waals surface area (Å²) in [5, 5.41) is 0. The van der Waals surface area contributed by atoms with Gasteiger partial charge in [0.1, 0.15) is 5.78 Å². The predicted octanol–water partition coefficient (Wildman–Crippen LogP) is 1.57. The number of rotatable bonds is 7. The minimum Gasteiger partial charge on any atom is -0.383 e. The second-order valence-corrected chi connectivity index (χ2v) is 4.30.